The number of benzene rings is 1. The van der Waals surface area contributed by atoms with E-state index in [2.05, 4.69) is 15.9 Å². The first-order valence-electron chi connectivity index (χ1n) is 4.67. The molecule has 0 unspecified atom stereocenters. The van der Waals surface area contributed by atoms with Crippen molar-refractivity contribution in [1.82, 2.24) is 0 Å². The number of hydrogen-bond acceptors (Lipinski definition) is 3. The van der Waals surface area contributed by atoms with E-state index in [4.69, 9.17) is 16.3 Å². The van der Waals surface area contributed by atoms with Crippen LogP contribution in [0.1, 0.15) is 22.8 Å². The van der Waals surface area contributed by atoms with Crippen LogP contribution in [-0.4, -0.2) is 18.9 Å². The highest BCUT2D eigenvalue weighted by Gasteiger charge is 2.11. The van der Waals surface area contributed by atoms with Crippen molar-refractivity contribution in [3.05, 3.63) is 32.8 Å². The summed E-state index contributed by atoms with van der Waals surface area (Å²) in [6.07, 6.45) is 0.800. The van der Waals surface area contributed by atoms with Crippen LogP contribution in [0.3, 0.4) is 0 Å². The molecule has 0 aromatic heterocycles. The lowest BCUT2D eigenvalue weighted by Crippen LogP contribution is -2.08. The number of hydrogen-bond donors (Lipinski definition) is 0. The molecule has 16 heavy (non-hydrogen) atoms. The first-order chi connectivity index (χ1) is 7.58. The number of carbonyl (C=O) groups excluding carboxylic acids is 2. The molecular weight excluding hydrogens is 295 g/mol. The Hall–Kier alpha value is -0.870. The first-order valence-corrected chi connectivity index (χ1v) is 5.84. The van der Waals surface area contributed by atoms with E-state index in [-0.39, 0.29) is 12.4 Å². The van der Waals surface area contributed by atoms with Crippen LogP contribution >= 0.6 is 27.5 Å². The second-order valence-electron chi connectivity index (χ2n) is 3.06. The molecule has 5 heteroatoms. The summed E-state index contributed by atoms with van der Waals surface area (Å²) in [4.78, 5) is 21.9. The van der Waals surface area contributed by atoms with Gasteiger partial charge >= 0.3 is 5.97 Å². The molecule has 3 nitrogen and oxygen atoms in total. The van der Waals surface area contributed by atoms with Crippen molar-refractivity contribution in [3.8, 4) is 0 Å². The largest absolute Gasteiger partial charge is 0.466 e. The maximum absolute atomic E-state index is 11.3. The zero-order chi connectivity index (χ0) is 12.1. The Morgan fingerprint density at radius 1 is 1.56 bits per heavy atom. The molecule has 0 atom stereocenters. The smallest absolute Gasteiger partial charge is 0.310 e. The average molecular weight is 306 g/mol. The van der Waals surface area contributed by atoms with Crippen molar-refractivity contribution in [1.29, 1.82) is 0 Å². The Labute approximate surface area is 107 Å². The summed E-state index contributed by atoms with van der Waals surface area (Å²) in [5.41, 5.74) is 1.09. The zero-order valence-electron chi connectivity index (χ0n) is 8.63. The minimum absolute atomic E-state index is 0.102. The van der Waals surface area contributed by atoms with Crippen LogP contribution in [0, 0.1) is 0 Å². The fourth-order valence-corrected chi connectivity index (χ4v) is 1.92. The normalized spacial score (nSPS) is 9.94. The first kappa shape index (κ1) is 13.2. The molecular formula is C11H10BrClO3. The third-order valence-corrected chi connectivity index (χ3v) is 2.97. The van der Waals surface area contributed by atoms with Gasteiger partial charge in [0, 0.05) is 15.1 Å². The number of rotatable bonds is 4. The molecule has 1 aromatic rings. The molecule has 0 N–H and O–H groups in total. The summed E-state index contributed by atoms with van der Waals surface area (Å²) in [5.74, 6) is -0.338. The molecule has 0 aliphatic rings. The molecule has 1 aromatic carbocycles. The van der Waals surface area contributed by atoms with Gasteiger partial charge in [-0.25, -0.2) is 0 Å². The van der Waals surface area contributed by atoms with Gasteiger partial charge in [-0.1, -0.05) is 27.5 Å². The van der Waals surface area contributed by atoms with E-state index in [0.717, 1.165) is 0 Å². The van der Waals surface area contributed by atoms with Crippen LogP contribution in [0.5, 0.6) is 0 Å². The second-order valence-corrected chi connectivity index (χ2v) is 4.33. The van der Waals surface area contributed by atoms with Crippen LogP contribution in [0.4, 0.5) is 0 Å². The van der Waals surface area contributed by atoms with Crippen molar-refractivity contribution < 1.29 is 14.3 Å². The van der Waals surface area contributed by atoms with Gasteiger partial charge in [0.1, 0.15) is 0 Å². The van der Waals surface area contributed by atoms with Gasteiger partial charge in [0.2, 0.25) is 0 Å². The van der Waals surface area contributed by atoms with Gasteiger partial charge in [-0.15, -0.1) is 0 Å². The fourth-order valence-electron chi connectivity index (χ4n) is 1.20. The predicted octanol–water partition coefficient (Wildman–Crippen LogP) is 3.02. The van der Waals surface area contributed by atoms with Crippen LogP contribution < -0.4 is 0 Å². The molecule has 0 fully saturated rings. The van der Waals surface area contributed by atoms with Crippen molar-refractivity contribution in [2.75, 3.05) is 6.61 Å². The molecule has 0 saturated carbocycles. The summed E-state index contributed by atoms with van der Waals surface area (Å²) < 4.78 is 5.43. The summed E-state index contributed by atoms with van der Waals surface area (Å²) in [5, 5.41) is 0.387. The minimum atomic E-state index is -0.338. The van der Waals surface area contributed by atoms with Gasteiger partial charge < -0.3 is 4.74 Å². The van der Waals surface area contributed by atoms with E-state index in [9.17, 15) is 9.59 Å². The highest BCUT2D eigenvalue weighted by atomic mass is 79.9. The molecule has 0 amide bonds. The van der Waals surface area contributed by atoms with Crippen LogP contribution in [-0.2, 0) is 16.0 Å². The van der Waals surface area contributed by atoms with E-state index in [0.29, 0.717) is 33.5 Å². The Morgan fingerprint density at radius 2 is 2.25 bits per heavy atom. The highest BCUT2D eigenvalue weighted by Crippen LogP contribution is 2.25. The number of halogens is 2. The van der Waals surface area contributed by atoms with Crippen molar-refractivity contribution in [2.24, 2.45) is 0 Å². The SMILES string of the molecule is CCOC(=O)Cc1cc(Br)c(C=O)cc1Cl. The maximum atomic E-state index is 11.3. The van der Waals surface area contributed by atoms with Crippen LogP contribution in [0.15, 0.2) is 16.6 Å². The highest BCUT2D eigenvalue weighted by molar-refractivity contribution is 9.10. The molecule has 0 aliphatic heterocycles. The van der Waals surface area contributed by atoms with Crippen LogP contribution in [0.25, 0.3) is 0 Å². The van der Waals surface area contributed by atoms with E-state index >= 15 is 0 Å². The molecule has 0 saturated heterocycles. The second kappa shape index (κ2) is 6.01. The third-order valence-electron chi connectivity index (χ3n) is 1.93. The van der Waals surface area contributed by atoms with E-state index in [1.54, 1.807) is 13.0 Å². The number of ether oxygens (including phenoxy) is 1. The van der Waals surface area contributed by atoms with Crippen molar-refractivity contribution in [3.63, 3.8) is 0 Å². The summed E-state index contributed by atoms with van der Waals surface area (Å²) in [6, 6.07) is 3.18. The summed E-state index contributed by atoms with van der Waals surface area (Å²) >= 11 is 9.17. The van der Waals surface area contributed by atoms with Gasteiger partial charge in [0.25, 0.3) is 0 Å². The Bertz CT molecular complexity index is 418. The topological polar surface area (TPSA) is 43.4 Å². The van der Waals surface area contributed by atoms with Crippen LogP contribution in [0.2, 0.25) is 5.02 Å². The third kappa shape index (κ3) is 3.32. The zero-order valence-corrected chi connectivity index (χ0v) is 11.0. The Balaban J connectivity index is 2.93. The molecule has 0 radical (unpaired) electrons. The minimum Gasteiger partial charge on any atom is -0.466 e. The molecule has 0 aliphatic carbocycles. The average Bonchev–Trinajstić information content (AvgIpc) is 2.23. The lowest BCUT2D eigenvalue weighted by atomic mass is 10.1. The fraction of sp³-hybridized carbons (Fsp3) is 0.273. The molecule has 0 bridgehead atoms. The summed E-state index contributed by atoms with van der Waals surface area (Å²) in [6.45, 7) is 2.08. The molecule has 86 valence electrons. The number of aldehydes is 1. The van der Waals surface area contributed by atoms with Gasteiger partial charge in [0.05, 0.1) is 13.0 Å². The summed E-state index contributed by atoms with van der Waals surface area (Å²) in [7, 11) is 0. The Kier molecular flexibility index (Phi) is 4.96. The standard InChI is InChI=1S/C11H10BrClO3/c1-2-16-11(15)5-7-3-9(12)8(6-14)4-10(7)13/h3-4,6H,2,5H2,1H3. The van der Waals surface area contributed by atoms with Gasteiger partial charge in [-0.05, 0) is 24.6 Å². The molecule has 1 rings (SSSR count). The predicted molar refractivity (Wildman–Crippen MR) is 64.9 cm³/mol. The van der Waals surface area contributed by atoms with Gasteiger partial charge in [-0.2, -0.15) is 0 Å². The lowest BCUT2D eigenvalue weighted by Gasteiger charge is -2.06. The van der Waals surface area contributed by atoms with Crippen molar-refractivity contribution >= 4 is 39.8 Å². The van der Waals surface area contributed by atoms with E-state index in [1.807, 2.05) is 0 Å². The monoisotopic (exact) mass is 304 g/mol. The van der Waals surface area contributed by atoms with E-state index < -0.39 is 0 Å². The molecule has 0 spiro atoms. The van der Waals surface area contributed by atoms with Crippen molar-refractivity contribution in [2.45, 2.75) is 13.3 Å². The molecule has 0 heterocycles. The maximum Gasteiger partial charge on any atom is 0.310 e. The van der Waals surface area contributed by atoms with Gasteiger partial charge in [0.15, 0.2) is 6.29 Å². The number of esters is 1. The Morgan fingerprint density at radius 3 is 2.81 bits per heavy atom. The van der Waals surface area contributed by atoms with Gasteiger partial charge in [-0.3, -0.25) is 9.59 Å². The lowest BCUT2D eigenvalue weighted by molar-refractivity contribution is -0.142. The number of carbonyl (C=O) groups is 2. The quantitative estimate of drug-likeness (QED) is 0.634. The van der Waals surface area contributed by atoms with E-state index in [1.165, 1.54) is 6.07 Å².